The van der Waals surface area contributed by atoms with Crippen LogP contribution in [0, 0.1) is 18.7 Å². The molecule has 0 spiro atoms. The van der Waals surface area contributed by atoms with Gasteiger partial charge in [0.25, 0.3) is 11.8 Å². The second-order valence-corrected chi connectivity index (χ2v) is 16.8. The molecule has 4 aliphatic rings. The van der Waals surface area contributed by atoms with Gasteiger partial charge < -0.3 is 30.7 Å². The average molecular weight is 828 g/mol. The molecule has 16 heteroatoms. The molecule has 4 saturated heterocycles. The van der Waals surface area contributed by atoms with Crippen LogP contribution in [0.3, 0.4) is 0 Å². The fraction of sp³-hybridized carbons (Fsp3) is 0.444. The number of aryl methyl sites for hydroxylation is 1. The maximum absolute atomic E-state index is 15.3. The zero-order valence-electron chi connectivity index (χ0n) is 34.3. The molecule has 5 aromatic rings. The van der Waals surface area contributed by atoms with Crippen LogP contribution in [0.25, 0.3) is 16.6 Å². The molecule has 0 radical (unpaired) electrons. The van der Waals surface area contributed by atoms with E-state index in [1.807, 2.05) is 13.0 Å². The quantitative estimate of drug-likeness (QED) is 0.167. The highest BCUT2D eigenvalue weighted by molar-refractivity contribution is 6.07. The van der Waals surface area contributed by atoms with E-state index in [0.29, 0.717) is 30.1 Å². The highest BCUT2D eigenvalue weighted by Gasteiger charge is 2.29. The minimum atomic E-state index is -0.690. The summed E-state index contributed by atoms with van der Waals surface area (Å²) in [5.74, 6) is 2.51. The first-order valence-electron chi connectivity index (χ1n) is 21.5. The van der Waals surface area contributed by atoms with Crippen LogP contribution in [0.15, 0.2) is 66.3 Å². The molecule has 4 aliphatic heterocycles. The van der Waals surface area contributed by atoms with Crippen LogP contribution in [0.1, 0.15) is 90.4 Å². The number of benzene rings is 2. The first-order chi connectivity index (χ1) is 29.7. The smallest absolute Gasteiger partial charge is 0.274 e. The summed E-state index contributed by atoms with van der Waals surface area (Å²) in [5.41, 5.74) is 5.45. The van der Waals surface area contributed by atoms with Crippen LogP contribution in [0.4, 0.5) is 21.5 Å². The minimum Gasteiger partial charge on any atom is -0.371 e. The summed E-state index contributed by atoms with van der Waals surface area (Å²) in [4.78, 5) is 60.5. The molecule has 15 nitrogen and oxygen atoms in total. The van der Waals surface area contributed by atoms with Crippen molar-refractivity contribution in [1.82, 2.24) is 39.9 Å². The predicted octanol–water partition coefficient (Wildman–Crippen LogP) is 5.24. The number of fused-ring (bicyclic) bond motifs is 2. The topological polar surface area (TPSA) is 162 Å². The number of allylic oxidation sites excluding steroid dienone is 1. The molecule has 316 valence electrons. The first-order valence-corrected chi connectivity index (χ1v) is 21.5. The largest absolute Gasteiger partial charge is 0.371 e. The summed E-state index contributed by atoms with van der Waals surface area (Å²) in [6, 6.07) is 12.0. The van der Waals surface area contributed by atoms with E-state index in [4.69, 9.17) is 5.10 Å². The van der Waals surface area contributed by atoms with E-state index in [0.717, 1.165) is 118 Å². The molecule has 0 aliphatic carbocycles. The number of piperidine rings is 4. The molecule has 7 heterocycles. The fourth-order valence-corrected chi connectivity index (χ4v) is 9.42. The number of hydrogen-bond donors (Lipinski definition) is 3. The summed E-state index contributed by atoms with van der Waals surface area (Å²) in [7, 11) is 0. The van der Waals surface area contributed by atoms with Gasteiger partial charge in [-0.2, -0.15) is 10.2 Å². The number of carbonyl (C=O) groups is 2. The molecule has 4 fully saturated rings. The second-order valence-electron chi connectivity index (χ2n) is 16.8. The third-order valence-electron chi connectivity index (χ3n) is 12.8. The molecule has 3 aromatic heterocycles. The zero-order chi connectivity index (χ0) is 42.0. The lowest BCUT2D eigenvalue weighted by Gasteiger charge is -2.38. The Kier molecular flexibility index (Phi) is 11.4. The number of halogens is 1. The van der Waals surface area contributed by atoms with Gasteiger partial charge in [-0.05, 0) is 101 Å². The van der Waals surface area contributed by atoms with Crippen molar-refractivity contribution in [1.29, 1.82) is 0 Å². The fourth-order valence-electron chi connectivity index (χ4n) is 9.42. The van der Waals surface area contributed by atoms with Crippen molar-refractivity contribution in [2.45, 2.75) is 76.8 Å². The van der Waals surface area contributed by atoms with Crippen molar-refractivity contribution in [2.24, 2.45) is 5.92 Å². The number of aromatic nitrogens is 5. The number of nitrogens with zero attached hydrogens (tertiary/aromatic N) is 8. The van der Waals surface area contributed by atoms with Gasteiger partial charge in [0.05, 0.1) is 40.2 Å². The monoisotopic (exact) mass is 827 g/mol. The Morgan fingerprint density at radius 3 is 2.43 bits per heavy atom. The first kappa shape index (κ1) is 40.1. The number of likely N-dealkylation sites (tertiary alicyclic amines) is 1. The van der Waals surface area contributed by atoms with Crippen molar-refractivity contribution in [3.05, 3.63) is 89.0 Å². The Bertz CT molecular complexity index is 2570. The zero-order valence-corrected chi connectivity index (χ0v) is 34.3. The summed E-state index contributed by atoms with van der Waals surface area (Å²) in [5, 5.41) is 19.2. The van der Waals surface area contributed by atoms with Crippen LogP contribution in [-0.2, 0) is 9.59 Å². The predicted molar refractivity (Wildman–Crippen MR) is 230 cm³/mol. The number of hydrogen-bond acceptors (Lipinski definition) is 11. The van der Waals surface area contributed by atoms with Crippen molar-refractivity contribution >= 4 is 57.3 Å². The van der Waals surface area contributed by atoms with Gasteiger partial charge in [0, 0.05) is 81.8 Å². The number of carbonyl (C=O) groups excluding carboxylic acids is 4. The van der Waals surface area contributed by atoms with E-state index in [9.17, 15) is 19.2 Å². The van der Waals surface area contributed by atoms with Gasteiger partial charge in [0.15, 0.2) is 5.65 Å². The molecule has 1 atom stereocenters. The maximum atomic E-state index is 15.3. The Hall–Kier alpha value is -6.34. The Morgan fingerprint density at radius 1 is 0.869 bits per heavy atom. The van der Waals surface area contributed by atoms with Gasteiger partial charge in [-0.3, -0.25) is 14.3 Å². The van der Waals surface area contributed by atoms with Crippen molar-refractivity contribution < 1.29 is 23.6 Å². The molecule has 0 unspecified atom stereocenters. The van der Waals surface area contributed by atoms with Crippen LogP contribution in [0.5, 0.6) is 0 Å². The summed E-state index contributed by atoms with van der Waals surface area (Å²) >= 11 is 0. The lowest BCUT2D eigenvalue weighted by Crippen LogP contribution is -2.44. The molecule has 61 heavy (non-hydrogen) atoms. The molecule has 2 amide bonds. The third-order valence-corrected chi connectivity index (χ3v) is 12.8. The van der Waals surface area contributed by atoms with E-state index in [1.54, 1.807) is 34.7 Å². The number of rotatable bonds is 9. The van der Waals surface area contributed by atoms with E-state index >= 15 is 4.39 Å². The standard InChI is InChI=1S/C45H50FN11O4/c1-29-21-43-47-14-9-41(57(43)51-29)45(61)50-39-22-31-26-56(52-38(31)24-42(39)55-15-3-2-4-16-55)33-12-17-53(18-13-33)25-30-10-19-54(20-11-30)34-6-7-35(36(46)23-34)44(60)49-37-8-5-32(27-58)48-40(37)28-59/h6-7,9,14,21-24,26,30,33,37,48H,2-5,8,10-13,15-20,25H2,1H3,(H,49,60)(H,50,61)/t37-/m0/s1. The van der Waals surface area contributed by atoms with Gasteiger partial charge in [-0.1, -0.05) is 0 Å². The molecule has 9 rings (SSSR count). The lowest BCUT2D eigenvalue weighted by molar-refractivity contribution is 0.0934. The number of nitrogens with one attached hydrogen (secondary N) is 3. The van der Waals surface area contributed by atoms with Crippen molar-refractivity contribution in [2.75, 3.05) is 60.9 Å². The van der Waals surface area contributed by atoms with Crippen molar-refractivity contribution in [3.8, 4) is 0 Å². The van der Waals surface area contributed by atoms with E-state index in [1.165, 1.54) is 18.6 Å². The highest BCUT2D eigenvalue weighted by atomic mass is 19.1. The Morgan fingerprint density at radius 2 is 1.67 bits per heavy atom. The number of amides is 2. The average Bonchev–Trinajstić information content (AvgIpc) is 3.89. The lowest BCUT2D eigenvalue weighted by atomic mass is 9.94. The van der Waals surface area contributed by atoms with Crippen LogP contribution in [0.2, 0.25) is 0 Å². The summed E-state index contributed by atoms with van der Waals surface area (Å²) < 4.78 is 19.0. The molecule has 3 N–H and O–H groups in total. The van der Waals surface area contributed by atoms with Gasteiger partial charge >= 0.3 is 0 Å². The van der Waals surface area contributed by atoms with Crippen LogP contribution >= 0.6 is 0 Å². The molecule has 0 saturated carbocycles. The van der Waals surface area contributed by atoms with Gasteiger partial charge in [-0.15, -0.1) is 0 Å². The van der Waals surface area contributed by atoms with Gasteiger partial charge in [0.1, 0.15) is 34.8 Å². The van der Waals surface area contributed by atoms with E-state index in [-0.39, 0.29) is 28.9 Å². The molecule has 0 bridgehead atoms. The third kappa shape index (κ3) is 8.52. The Balaban J connectivity index is 0.794. The van der Waals surface area contributed by atoms with E-state index in [2.05, 4.69) is 63.7 Å². The molecular weight excluding hydrogens is 778 g/mol. The van der Waals surface area contributed by atoms with Crippen LogP contribution < -0.4 is 25.8 Å². The van der Waals surface area contributed by atoms with Crippen molar-refractivity contribution in [3.63, 3.8) is 0 Å². The second kappa shape index (κ2) is 17.3. The van der Waals surface area contributed by atoms with Crippen LogP contribution in [-0.4, -0.2) is 105 Å². The normalized spacial score (nSPS) is 19.5. The Labute approximate surface area is 352 Å². The summed E-state index contributed by atoms with van der Waals surface area (Å²) in [6.45, 7) is 8.36. The highest BCUT2D eigenvalue weighted by Crippen LogP contribution is 2.35. The SMILES string of the molecule is Cc1cc2nccc(C(=O)Nc3cc4cn(C5CCN(CC6CCN(c7ccc(C(=O)N[C@H]8CCC(=C=O)NC8=C=O)c(F)c7)CC6)CC5)nc4cc3N3CCCCC3)n2n1. The van der Waals surface area contributed by atoms with E-state index < -0.39 is 17.8 Å². The van der Waals surface area contributed by atoms with Gasteiger partial charge in [0.2, 0.25) is 0 Å². The molecular formula is C45H50FN11O4. The molecule has 2 aromatic carbocycles. The summed E-state index contributed by atoms with van der Waals surface area (Å²) in [6.07, 6.45) is 11.8. The van der Waals surface area contributed by atoms with Gasteiger partial charge in [-0.25, -0.2) is 23.5 Å². The maximum Gasteiger partial charge on any atom is 0.274 e. The number of anilines is 3. The minimum absolute atomic E-state index is 0.0314.